The Labute approximate surface area is 146 Å². The maximum Gasteiger partial charge on any atom is 0.137 e. The minimum Gasteiger partial charge on any atom is -0.495 e. The van der Waals surface area contributed by atoms with Crippen LogP contribution in [0, 0.1) is 0 Å². The zero-order valence-electron chi connectivity index (χ0n) is 11.7. The van der Waals surface area contributed by atoms with Gasteiger partial charge >= 0.3 is 0 Å². The van der Waals surface area contributed by atoms with Gasteiger partial charge in [-0.1, -0.05) is 34.1 Å². The Bertz CT molecular complexity index is 578. The number of hydrogen-bond donors (Lipinski definition) is 1. The summed E-state index contributed by atoms with van der Waals surface area (Å²) in [5.41, 5.74) is 1.14. The van der Waals surface area contributed by atoms with E-state index in [1.54, 1.807) is 7.11 Å². The van der Waals surface area contributed by atoms with Gasteiger partial charge in [0.05, 0.1) is 11.6 Å². The molecule has 21 heavy (non-hydrogen) atoms. The molecule has 0 aromatic heterocycles. The first-order chi connectivity index (χ1) is 10.2. The van der Waals surface area contributed by atoms with Crippen LogP contribution >= 0.6 is 43.6 Å². The second-order valence-electron chi connectivity index (χ2n) is 4.42. The van der Waals surface area contributed by atoms with Crippen molar-refractivity contribution in [2.75, 3.05) is 19.4 Å². The lowest BCUT2D eigenvalue weighted by atomic mass is 10.2. The van der Waals surface area contributed by atoms with E-state index in [-0.39, 0.29) is 0 Å². The lowest BCUT2D eigenvalue weighted by Gasteiger charge is -2.12. The lowest BCUT2D eigenvalue weighted by molar-refractivity contribution is 0.405. The van der Waals surface area contributed by atoms with Gasteiger partial charge in [0, 0.05) is 33.8 Å². The summed E-state index contributed by atoms with van der Waals surface area (Å²) in [7, 11) is 1.70. The molecule has 2 nitrogen and oxygen atoms in total. The Hall–Kier alpha value is -0.490. The van der Waals surface area contributed by atoms with Gasteiger partial charge in [0.15, 0.2) is 0 Å². The van der Waals surface area contributed by atoms with Crippen LogP contribution in [0.4, 0.5) is 0 Å². The highest BCUT2D eigenvalue weighted by molar-refractivity contribution is 9.11. The van der Waals surface area contributed by atoms with Crippen LogP contribution in [0.25, 0.3) is 0 Å². The van der Waals surface area contributed by atoms with Gasteiger partial charge in [-0.2, -0.15) is 0 Å². The van der Waals surface area contributed by atoms with Gasteiger partial charge < -0.3 is 10.1 Å². The first-order valence-corrected chi connectivity index (χ1v) is 9.18. The summed E-state index contributed by atoms with van der Waals surface area (Å²) in [6.07, 6.45) is 0. The van der Waals surface area contributed by atoms with E-state index >= 15 is 0 Å². The van der Waals surface area contributed by atoms with E-state index in [1.165, 1.54) is 4.90 Å². The van der Waals surface area contributed by atoms with Crippen molar-refractivity contribution in [2.24, 2.45) is 0 Å². The van der Waals surface area contributed by atoms with E-state index in [1.807, 2.05) is 23.9 Å². The summed E-state index contributed by atoms with van der Waals surface area (Å²) < 4.78 is 7.46. The number of hydrogen-bond acceptors (Lipinski definition) is 3. The minimum absolute atomic E-state index is 0.788. The lowest BCUT2D eigenvalue weighted by Crippen LogP contribution is -2.17. The molecule has 0 aliphatic heterocycles. The van der Waals surface area contributed by atoms with E-state index in [0.29, 0.717) is 0 Å². The van der Waals surface area contributed by atoms with Gasteiger partial charge in [-0.3, -0.25) is 0 Å². The summed E-state index contributed by atoms with van der Waals surface area (Å²) in [5.74, 6) is 1.93. The number of thioether (sulfide) groups is 1. The molecule has 5 heteroatoms. The largest absolute Gasteiger partial charge is 0.495 e. The second kappa shape index (κ2) is 8.83. The van der Waals surface area contributed by atoms with Gasteiger partial charge in [-0.25, -0.2) is 0 Å². The molecule has 0 spiro atoms. The third-order valence-electron chi connectivity index (χ3n) is 2.90. The maximum atomic E-state index is 5.44. The predicted molar refractivity (Wildman–Crippen MR) is 97.3 cm³/mol. The van der Waals surface area contributed by atoms with Crippen molar-refractivity contribution in [3.63, 3.8) is 0 Å². The standard InChI is InChI=1S/C16H17Br2NOS/c1-20-16-12(9-13(17)10-15(16)18)11-19-7-8-21-14-5-3-2-4-6-14/h2-6,9-10,19H,7-8,11H2,1H3. The molecule has 0 saturated carbocycles. The second-order valence-corrected chi connectivity index (χ2v) is 7.36. The summed E-state index contributed by atoms with van der Waals surface area (Å²) in [4.78, 5) is 1.31. The fraction of sp³-hybridized carbons (Fsp3) is 0.250. The van der Waals surface area contributed by atoms with Crippen molar-refractivity contribution in [3.05, 3.63) is 57.0 Å². The highest BCUT2D eigenvalue weighted by Gasteiger charge is 2.08. The molecule has 0 heterocycles. The molecule has 2 aromatic carbocycles. The predicted octanol–water partition coefficient (Wildman–Crippen LogP) is 5.10. The average Bonchev–Trinajstić information content (AvgIpc) is 2.47. The fourth-order valence-electron chi connectivity index (χ4n) is 1.95. The molecular weight excluding hydrogens is 414 g/mol. The van der Waals surface area contributed by atoms with Crippen LogP contribution in [-0.2, 0) is 6.54 Å². The monoisotopic (exact) mass is 429 g/mol. The normalized spacial score (nSPS) is 10.6. The first-order valence-electron chi connectivity index (χ1n) is 6.61. The van der Waals surface area contributed by atoms with E-state index < -0.39 is 0 Å². The van der Waals surface area contributed by atoms with Crippen LogP contribution < -0.4 is 10.1 Å². The quantitative estimate of drug-likeness (QED) is 0.487. The molecule has 0 aliphatic carbocycles. The zero-order chi connectivity index (χ0) is 15.1. The Morgan fingerprint density at radius 2 is 1.90 bits per heavy atom. The highest BCUT2D eigenvalue weighted by atomic mass is 79.9. The van der Waals surface area contributed by atoms with Crippen molar-refractivity contribution in [2.45, 2.75) is 11.4 Å². The van der Waals surface area contributed by atoms with Gasteiger partial charge in [0.2, 0.25) is 0 Å². The smallest absolute Gasteiger partial charge is 0.137 e. The van der Waals surface area contributed by atoms with Crippen LogP contribution in [0.2, 0.25) is 0 Å². The fourth-order valence-corrected chi connectivity index (χ4v) is 4.26. The number of halogens is 2. The zero-order valence-corrected chi connectivity index (χ0v) is 15.7. The van der Waals surface area contributed by atoms with Crippen molar-refractivity contribution >= 4 is 43.6 Å². The molecule has 0 fully saturated rings. The molecule has 2 aromatic rings. The summed E-state index contributed by atoms with van der Waals surface area (Å²) in [6, 6.07) is 14.5. The minimum atomic E-state index is 0.788. The topological polar surface area (TPSA) is 21.3 Å². The third-order valence-corrected chi connectivity index (χ3v) is 4.96. The molecule has 112 valence electrons. The van der Waals surface area contributed by atoms with Crippen LogP contribution in [0.1, 0.15) is 5.56 Å². The number of benzene rings is 2. The SMILES string of the molecule is COc1c(Br)cc(Br)cc1CNCCSc1ccccc1. The van der Waals surface area contributed by atoms with Gasteiger partial charge in [-0.15, -0.1) is 11.8 Å². The van der Waals surface area contributed by atoms with Crippen molar-refractivity contribution in [1.82, 2.24) is 5.32 Å². The van der Waals surface area contributed by atoms with Crippen LogP contribution in [-0.4, -0.2) is 19.4 Å². The molecule has 1 N–H and O–H groups in total. The Morgan fingerprint density at radius 1 is 1.14 bits per heavy atom. The maximum absolute atomic E-state index is 5.44. The van der Waals surface area contributed by atoms with Crippen LogP contribution in [0.5, 0.6) is 5.75 Å². The molecule has 0 unspecified atom stereocenters. The number of nitrogens with one attached hydrogen (secondary N) is 1. The van der Waals surface area contributed by atoms with E-state index in [4.69, 9.17) is 4.74 Å². The summed E-state index contributed by atoms with van der Waals surface area (Å²) >= 11 is 8.90. The molecular formula is C16H17Br2NOS. The van der Waals surface area contributed by atoms with Crippen molar-refractivity contribution < 1.29 is 4.74 Å². The Morgan fingerprint density at radius 3 is 2.62 bits per heavy atom. The van der Waals surface area contributed by atoms with Crippen LogP contribution in [0.15, 0.2) is 56.3 Å². The average molecular weight is 431 g/mol. The molecule has 0 radical (unpaired) electrons. The Balaban J connectivity index is 1.81. The molecule has 0 bridgehead atoms. The van der Waals surface area contributed by atoms with Gasteiger partial charge in [0.25, 0.3) is 0 Å². The highest BCUT2D eigenvalue weighted by Crippen LogP contribution is 2.32. The molecule has 0 atom stereocenters. The van der Waals surface area contributed by atoms with E-state index in [2.05, 4.69) is 67.5 Å². The number of methoxy groups -OCH3 is 1. The third kappa shape index (κ3) is 5.33. The molecule has 0 aliphatic rings. The van der Waals surface area contributed by atoms with Crippen molar-refractivity contribution in [3.8, 4) is 5.75 Å². The summed E-state index contributed by atoms with van der Waals surface area (Å²) in [5, 5.41) is 3.46. The molecule has 0 amide bonds. The van der Waals surface area contributed by atoms with Gasteiger partial charge in [-0.05, 0) is 40.2 Å². The van der Waals surface area contributed by atoms with E-state index in [9.17, 15) is 0 Å². The molecule has 2 rings (SSSR count). The van der Waals surface area contributed by atoms with Crippen molar-refractivity contribution in [1.29, 1.82) is 0 Å². The van der Waals surface area contributed by atoms with Gasteiger partial charge in [0.1, 0.15) is 5.75 Å². The van der Waals surface area contributed by atoms with Crippen LogP contribution in [0.3, 0.4) is 0 Å². The first kappa shape index (κ1) is 16.9. The molecule has 0 saturated heterocycles. The number of ether oxygens (including phenoxy) is 1. The summed E-state index contributed by atoms with van der Waals surface area (Å²) in [6.45, 7) is 1.74. The Kier molecular flexibility index (Phi) is 7.10. The number of rotatable bonds is 7. The van der Waals surface area contributed by atoms with E-state index in [0.717, 1.165) is 39.1 Å².